The molecular weight excluding hydrogens is 360 g/mol. The summed E-state index contributed by atoms with van der Waals surface area (Å²) in [6, 6.07) is 13.8. The first-order valence-electron chi connectivity index (χ1n) is 9.32. The van der Waals surface area contributed by atoms with Crippen LogP contribution >= 0.6 is 0 Å². The Morgan fingerprint density at radius 2 is 1.74 bits per heavy atom. The third-order valence-electron chi connectivity index (χ3n) is 5.01. The Morgan fingerprint density at radius 1 is 1.04 bits per heavy atom. The number of morpholine rings is 1. The van der Waals surface area contributed by atoms with Gasteiger partial charge in [0.25, 0.3) is 0 Å². The number of ether oxygens (including phenoxy) is 1. The van der Waals surface area contributed by atoms with Crippen LogP contribution in [0.25, 0.3) is 0 Å². The predicted molar refractivity (Wildman–Crippen MR) is 107 cm³/mol. The summed E-state index contributed by atoms with van der Waals surface area (Å²) >= 11 is 0. The number of rotatable bonds is 6. The molecule has 0 radical (unpaired) electrons. The Kier molecular flexibility index (Phi) is 6.32. The normalized spacial score (nSPS) is 17.0. The van der Waals surface area contributed by atoms with E-state index in [0.29, 0.717) is 24.7 Å². The quantitative estimate of drug-likeness (QED) is 0.827. The molecule has 1 heterocycles. The van der Waals surface area contributed by atoms with Gasteiger partial charge >= 0.3 is 0 Å². The molecule has 3 rings (SSSR count). The lowest BCUT2D eigenvalue weighted by atomic mass is 10.0. The summed E-state index contributed by atoms with van der Waals surface area (Å²) in [6.45, 7) is 9.06. The van der Waals surface area contributed by atoms with Crippen molar-refractivity contribution in [1.82, 2.24) is 9.62 Å². The third kappa shape index (κ3) is 4.96. The Bertz CT molecular complexity index is 890. The van der Waals surface area contributed by atoms with E-state index in [1.165, 1.54) is 5.56 Å². The minimum atomic E-state index is -3.57. The summed E-state index contributed by atoms with van der Waals surface area (Å²) in [7, 11) is -3.57. The van der Waals surface area contributed by atoms with Crippen LogP contribution in [0, 0.1) is 20.8 Å². The SMILES string of the molecule is Cc1cccc(C(CNS(=O)(=O)c2cc(C)ccc2C)N2CCOCC2)c1. The first-order chi connectivity index (χ1) is 12.9. The fourth-order valence-corrected chi connectivity index (χ4v) is 4.85. The molecule has 2 aromatic rings. The van der Waals surface area contributed by atoms with Crippen molar-refractivity contribution in [3.05, 3.63) is 64.7 Å². The van der Waals surface area contributed by atoms with Crippen LogP contribution in [0.1, 0.15) is 28.3 Å². The molecule has 0 aliphatic carbocycles. The number of nitrogens with zero attached hydrogens (tertiary/aromatic N) is 1. The average molecular weight is 389 g/mol. The van der Waals surface area contributed by atoms with E-state index in [0.717, 1.165) is 29.8 Å². The number of benzene rings is 2. The molecule has 1 unspecified atom stereocenters. The van der Waals surface area contributed by atoms with E-state index in [2.05, 4.69) is 34.7 Å². The Labute approximate surface area is 162 Å². The van der Waals surface area contributed by atoms with Crippen LogP contribution in [-0.4, -0.2) is 46.2 Å². The lowest BCUT2D eigenvalue weighted by Gasteiger charge is -2.35. The summed E-state index contributed by atoms with van der Waals surface area (Å²) in [5.41, 5.74) is 3.99. The smallest absolute Gasteiger partial charge is 0.240 e. The van der Waals surface area contributed by atoms with E-state index in [4.69, 9.17) is 4.74 Å². The minimum absolute atomic E-state index is 0.0197. The van der Waals surface area contributed by atoms with Gasteiger partial charge in [-0.1, -0.05) is 42.0 Å². The van der Waals surface area contributed by atoms with Gasteiger partial charge in [0.05, 0.1) is 18.1 Å². The molecule has 27 heavy (non-hydrogen) atoms. The largest absolute Gasteiger partial charge is 0.379 e. The van der Waals surface area contributed by atoms with Crippen molar-refractivity contribution in [2.45, 2.75) is 31.7 Å². The van der Waals surface area contributed by atoms with Gasteiger partial charge in [0.2, 0.25) is 10.0 Å². The molecule has 2 aromatic carbocycles. The molecule has 0 aromatic heterocycles. The molecule has 0 spiro atoms. The van der Waals surface area contributed by atoms with Crippen molar-refractivity contribution in [1.29, 1.82) is 0 Å². The summed E-state index contributed by atoms with van der Waals surface area (Å²) in [6.07, 6.45) is 0. The predicted octanol–water partition coefficient (Wildman–Crippen LogP) is 2.96. The number of hydrogen-bond acceptors (Lipinski definition) is 4. The van der Waals surface area contributed by atoms with E-state index in [9.17, 15) is 8.42 Å². The van der Waals surface area contributed by atoms with Crippen molar-refractivity contribution in [2.24, 2.45) is 0 Å². The van der Waals surface area contributed by atoms with Crippen LogP contribution in [0.2, 0.25) is 0 Å². The summed E-state index contributed by atoms with van der Waals surface area (Å²) in [4.78, 5) is 2.65. The van der Waals surface area contributed by atoms with Crippen LogP contribution in [0.5, 0.6) is 0 Å². The fraction of sp³-hybridized carbons (Fsp3) is 0.429. The van der Waals surface area contributed by atoms with Crippen LogP contribution in [0.15, 0.2) is 47.4 Å². The molecule has 5 nitrogen and oxygen atoms in total. The highest BCUT2D eigenvalue weighted by Crippen LogP contribution is 2.24. The number of hydrogen-bond donors (Lipinski definition) is 1. The van der Waals surface area contributed by atoms with Crippen molar-refractivity contribution >= 4 is 10.0 Å². The van der Waals surface area contributed by atoms with Gasteiger partial charge in [-0.05, 0) is 43.5 Å². The zero-order chi connectivity index (χ0) is 19.4. The Balaban J connectivity index is 1.84. The van der Waals surface area contributed by atoms with Crippen LogP contribution in [-0.2, 0) is 14.8 Å². The van der Waals surface area contributed by atoms with E-state index in [-0.39, 0.29) is 6.04 Å². The lowest BCUT2D eigenvalue weighted by molar-refractivity contribution is 0.0172. The number of nitrogens with one attached hydrogen (secondary N) is 1. The molecule has 6 heteroatoms. The zero-order valence-corrected chi connectivity index (χ0v) is 17.1. The van der Waals surface area contributed by atoms with Gasteiger partial charge in [-0.25, -0.2) is 13.1 Å². The highest BCUT2D eigenvalue weighted by atomic mass is 32.2. The molecule has 1 fully saturated rings. The van der Waals surface area contributed by atoms with E-state index in [1.54, 1.807) is 6.07 Å². The monoisotopic (exact) mass is 388 g/mol. The second-order valence-electron chi connectivity index (χ2n) is 7.20. The Hall–Kier alpha value is -1.73. The minimum Gasteiger partial charge on any atom is -0.379 e. The van der Waals surface area contributed by atoms with Crippen molar-refractivity contribution < 1.29 is 13.2 Å². The third-order valence-corrected chi connectivity index (χ3v) is 6.58. The Morgan fingerprint density at radius 3 is 2.44 bits per heavy atom. The van der Waals surface area contributed by atoms with Gasteiger partial charge in [-0.2, -0.15) is 0 Å². The maximum Gasteiger partial charge on any atom is 0.240 e. The maximum atomic E-state index is 12.9. The molecule has 0 amide bonds. The van der Waals surface area contributed by atoms with Gasteiger partial charge in [-0.15, -0.1) is 0 Å². The molecule has 1 atom stereocenters. The topological polar surface area (TPSA) is 58.6 Å². The first kappa shape index (κ1) is 20.0. The van der Waals surface area contributed by atoms with E-state index >= 15 is 0 Å². The van der Waals surface area contributed by atoms with Crippen molar-refractivity contribution in [2.75, 3.05) is 32.8 Å². The second kappa shape index (κ2) is 8.52. The first-order valence-corrected chi connectivity index (χ1v) is 10.8. The molecule has 146 valence electrons. The molecule has 1 N–H and O–H groups in total. The van der Waals surface area contributed by atoms with E-state index < -0.39 is 10.0 Å². The van der Waals surface area contributed by atoms with Crippen LogP contribution in [0.3, 0.4) is 0 Å². The highest BCUT2D eigenvalue weighted by Gasteiger charge is 2.25. The highest BCUT2D eigenvalue weighted by molar-refractivity contribution is 7.89. The summed E-state index contributed by atoms with van der Waals surface area (Å²) < 4.78 is 34.2. The average Bonchev–Trinajstić information content (AvgIpc) is 2.65. The van der Waals surface area contributed by atoms with Crippen molar-refractivity contribution in [3.63, 3.8) is 0 Å². The van der Waals surface area contributed by atoms with Gasteiger partial charge in [0, 0.05) is 25.7 Å². The second-order valence-corrected chi connectivity index (χ2v) is 8.93. The van der Waals surface area contributed by atoms with E-state index in [1.807, 2.05) is 32.0 Å². The van der Waals surface area contributed by atoms with Crippen LogP contribution < -0.4 is 4.72 Å². The van der Waals surface area contributed by atoms with Gasteiger partial charge in [0.1, 0.15) is 0 Å². The molecule has 1 aliphatic heterocycles. The summed E-state index contributed by atoms with van der Waals surface area (Å²) in [5, 5.41) is 0. The standard InChI is InChI=1S/C21H28N2O3S/c1-16-5-4-6-19(13-16)20(23-9-11-26-12-10-23)15-22-27(24,25)21-14-17(2)7-8-18(21)3/h4-8,13-14,20,22H,9-12,15H2,1-3H3. The maximum absolute atomic E-state index is 12.9. The number of sulfonamides is 1. The zero-order valence-electron chi connectivity index (χ0n) is 16.2. The molecular formula is C21H28N2O3S. The molecule has 0 saturated carbocycles. The summed E-state index contributed by atoms with van der Waals surface area (Å²) in [5.74, 6) is 0. The van der Waals surface area contributed by atoms with Gasteiger partial charge in [-0.3, -0.25) is 4.90 Å². The molecule has 1 aliphatic rings. The molecule has 1 saturated heterocycles. The van der Waals surface area contributed by atoms with Gasteiger partial charge < -0.3 is 4.74 Å². The fourth-order valence-electron chi connectivity index (χ4n) is 3.49. The van der Waals surface area contributed by atoms with Crippen LogP contribution in [0.4, 0.5) is 0 Å². The number of aryl methyl sites for hydroxylation is 3. The molecule has 0 bridgehead atoms. The van der Waals surface area contributed by atoms with Gasteiger partial charge in [0.15, 0.2) is 0 Å². The lowest BCUT2D eigenvalue weighted by Crippen LogP contribution is -2.43. The van der Waals surface area contributed by atoms with Crippen molar-refractivity contribution in [3.8, 4) is 0 Å².